The van der Waals surface area contributed by atoms with Crippen molar-refractivity contribution in [2.75, 3.05) is 7.11 Å². The molecule has 0 bridgehead atoms. The molecule has 1 rings (SSSR count). The van der Waals surface area contributed by atoms with E-state index in [9.17, 15) is 4.79 Å². The number of aromatic nitrogens is 2. The van der Waals surface area contributed by atoms with Crippen LogP contribution in [0.5, 0.6) is 5.88 Å². The maximum absolute atomic E-state index is 10.3. The lowest BCUT2D eigenvalue weighted by Gasteiger charge is -1.91. The van der Waals surface area contributed by atoms with Crippen LogP contribution in [0.3, 0.4) is 0 Å². The van der Waals surface area contributed by atoms with Gasteiger partial charge in [0.1, 0.15) is 0 Å². The van der Waals surface area contributed by atoms with Gasteiger partial charge in [-0.2, -0.15) is 0 Å². The van der Waals surface area contributed by atoms with Gasteiger partial charge >= 0.3 is 0 Å². The van der Waals surface area contributed by atoms with Crippen LogP contribution in [0.1, 0.15) is 0 Å². The van der Waals surface area contributed by atoms with Gasteiger partial charge < -0.3 is 4.74 Å². The van der Waals surface area contributed by atoms with Crippen molar-refractivity contribution in [3.63, 3.8) is 0 Å². The van der Waals surface area contributed by atoms with Gasteiger partial charge in [-0.25, -0.2) is 5.10 Å². The molecule has 1 aromatic rings. The first-order chi connectivity index (χ1) is 4.33. The number of H-pyrrole nitrogens is 1. The van der Waals surface area contributed by atoms with Crippen molar-refractivity contribution in [1.29, 1.82) is 0 Å². The fourth-order valence-electron chi connectivity index (χ4n) is 0.402. The molecule has 1 heterocycles. The molecule has 0 saturated heterocycles. The van der Waals surface area contributed by atoms with Crippen LogP contribution < -0.4 is 10.3 Å². The van der Waals surface area contributed by atoms with Crippen LogP contribution in [0, 0.1) is 6.07 Å². The van der Waals surface area contributed by atoms with E-state index in [1.54, 1.807) is 0 Å². The predicted octanol–water partition coefficient (Wildman–Crippen LogP) is -0.421. The first-order valence-electron chi connectivity index (χ1n) is 2.34. The monoisotopic (exact) mass is 125 g/mol. The maximum atomic E-state index is 10.3. The molecule has 0 aliphatic carbocycles. The zero-order chi connectivity index (χ0) is 6.69. The van der Waals surface area contributed by atoms with E-state index in [1.807, 2.05) is 0 Å². The van der Waals surface area contributed by atoms with E-state index in [2.05, 4.69) is 21.0 Å². The average molecular weight is 125 g/mol. The Morgan fingerprint density at radius 1 is 1.89 bits per heavy atom. The van der Waals surface area contributed by atoms with E-state index in [-0.39, 0.29) is 5.56 Å². The average Bonchev–Trinajstić information content (AvgIpc) is 1.90. The quantitative estimate of drug-likeness (QED) is 0.554. The second-order valence-electron chi connectivity index (χ2n) is 1.38. The largest absolute Gasteiger partial charge is 0.480 e. The first kappa shape index (κ1) is 5.81. The van der Waals surface area contributed by atoms with Gasteiger partial charge in [0.25, 0.3) is 5.56 Å². The molecule has 9 heavy (non-hydrogen) atoms. The molecular formula is C5H5N2O2. The Labute approximate surface area is 51.5 Å². The SMILES string of the molecule is COc1c[c]c(=O)[nH]n1. The van der Waals surface area contributed by atoms with Gasteiger partial charge in [-0.15, -0.1) is 5.10 Å². The summed E-state index contributed by atoms with van der Waals surface area (Å²) in [4.78, 5) is 10.3. The number of aromatic amines is 1. The number of hydrogen-bond acceptors (Lipinski definition) is 3. The lowest BCUT2D eigenvalue weighted by Crippen LogP contribution is -2.06. The minimum absolute atomic E-state index is 0.351. The Kier molecular flexibility index (Phi) is 1.48. The van der Waals surface area contributed by atoms with Crippen LogP contribution in [0.2, 0.25) is 0 Å². The highest BCUT2D eigenvalue weighted by Crippen LogP contribution is 1.94. The summed E-state index contributed by atoms with van der Waals surface area (Å²) in [7, 11) is 1.47. The van der Waals surface area contributed by atoms with Crippen LogP contribution >= 0.6 is 0 Å². The summed E-state index contributed by atoms with van der Waals surface area (Å²) in [6.45, 7) is 0. The van der Waals surface area contributed by atoms with Crippen LogP contribution in [-0.4, -0.2) is 17.3 Å². The molecule has 1 aromatic heterocycles. The second kappa shape index (κ2) is 2.30. The molecule has 0 unspecified atom stereocenters. The van der Waals surface area contributed by atoms with Crippen LogP contribution in [-0.2, 0) is 0 Å². The fourth-order valence-corrected chi connectivity index (χ4v) is 0.402. The number of rotatable bonds is 1. The number of hydrogen-bond donors (Lipinski definition) is 1. The lowest BCUT2D eigenvalue weighted by atomic mass is 10.6. The van der Waals surface area contributed by atoms with Gasteiger partial charge in [0, 0.05) is 6.07 Å². The van der Waals surface area contributed by atoms with Crippen molar-refractivity contribution in [2.24, 2.45) is 0 Å². The number of methoxy groups -OCH3 is 1. The molecule has 4 nitrogen and oxygen atoms in total. The number of nitrogens with zero attached hydrogens (tertiary/aromatic N) is 1. The molecular weight excluding hydrogens is 120 g/mol. The third-order valence-corrected chi connectivity index (χ3v) is 0.804. The predicted molar refractivity (Wildman–Crippen MR) is 30.2 cm³/mol. The van der Waals surface area contributed by atoms with E-state index in [0.717, 1.165) is 0 Å². The summed E-state index contributed by atoms with van der Waals surface area (Å²) in [5.74, 6) is 0.356. The van der Waals surface area contributed by atoms with Crippen LogP contribution in [0.25, 0.3) is 0 Å². The normalized spacial score (nSPS) is 9.00. The van der Waals surface area contributed by atoms with Crippen molar-refractivity contribution in [3.05, 3.63) is 22.5 Å². The molecule has 0 amide bonds. The van der Waals surface area contributed by atoms with E-state index < -0.39 is 0 Å². The van der Waals surface area contributed by atoms with Crippen LogP contribution in [0.4, 0.5) is 0 Å². The molecule has 1 radical (unpaired) electrons. The summed E-state index contributed by atoms with van der Waals surface area (Å²) >= 11 is 0. The van der Waals surface area contributed by atoms with Gasteiger partial charge in [-0.3, -0.25) is 4.79 Å². The minimum Gasteiger partial charge on any atom is -0.480 e. The van der Waals surface area contributed by atoms with Crippen molar-refractivity contribution in [1.82, 2.24) is 10.2 Å². The topological polar surface area (TPSA) is 55.0 Å². The highest BCUT2D eigenvalue weighted by molar-refractivity contribution is 5.03. The smallest absolute Gasteiger partial charge is 0.272 e. The highest BCUT2D eigenvalue weighted by atomic mass is 16.5. The number of nitrogens with one attached hydrogen (secondary N) is 1. The maximum Gasteiger partial charge on any atom is 0.272 e. The summed E-state index contributed by atoms with van der Waals surface area (Å²) in [5.41, 5.74) is -0.351. The van der Waals surface area contributed by atoms with Crippen LogP contribution in [0.15, 0.2) is 10.9 Å². The first-order valence-corrected chi connectivity index (χ1v) is 2.34. The Hall–Kier alpha value is -1.32. The molecule has 0 atom stereocenters. The van der Waals surface area contributed by atoms with E-state index in [4.69, 9.17) is 0 Å². The van der Waals surface area contributed by atoms with Crippen molar-refractivity contribution in [3.8, 4) is 5.88 Å². The van der Waals surface area contributed by atoms with E-state index >= 15 is 0 Å². The van der Waals surface area contributed by atoms with Crippen molar-refractivity contribution in [2.45, 2.75) is 0 Å². The van der Waals surface area contributed by atoms with Crippen molar-refractivity contribution < 1.29 is 4.74 Å². The summed E-state index contributed by atoms with van der Waals surface area (Å²) in [5, 5.41) is 5.67. The molecule has 0 fully saturated rings. The molecule has 1 N–H and O–H groups in total. The Balaban J connectivity index is 3.02. The standard InChI is InChI=1S/C5H5N2O2/c1-9-5-3-2-4(8)6-7-5/h3H,1H3,(H,6,8). The Morgan fingerprint density at radius 2 is 2.67 bits per heavy atom. The Bertz CT molecular complexity index is 222. The summed E-state index contributed by atoms with van der Waals surface area (Å²) in [6, 6.07) is 3.73. The lowest BCUT2D eigenvalue weighted by molar-refractivity contribution is 0.391. The molecule has 47 valence electrons. The third-order valence-electron chi connectivity index (χ3n) is 0.804. The van der Waals surface area contributed by atoms with E-state index in [1.165, 1.54) is 13.2 Å². The fraction of sp³-hybridized carbons (Fsp3) is 0.200. The van der Waals surface area contributed by atoms with E-state index in [0.29, 0.717) is 5.88 Å². The molecule has 0 aliphatic rings. The third kappa shape index (κ3) is 1.28. The summed E-state index contributed by atoms with van der Waals surface area (Å²) in [6.07, 6.45) is 0. The van der Waals surface area contributed by atoms with Gasteiger partial charge in [-0.1, -0.05) is 0 Å². The molecule has 0 saturated carbocycles. The minimum atomic E-state index is -0.351. The zero-order valence-corrected chi connectivity index (χ0v) is 4.84. The van der Waals surface area contributed by atoms with Gasteiger partial charge in [0.05, 0.1) is 13.2 Å². The van der Waals surface area contributed by atoms with Gasteiger partial charge in [0.2, 0.25) is 5.88 Å². The Morgan fingerprint density at radius 3 is 3.11 bits per heavy atom. The molecule has 0 spiro atoms. The van der Waals surface area contributed by atoms with Gasteiger partial charge in [-0.05, 0) is 0 Å². The van der Waals surface area contributed by atoms with Crippen molar-refractivity contribution >= 4 is 0 Å². The molecule has 0 aliphatic heterocycles. The highest BCUT2D eigenvalue weighted by Gasteiger charge is 1.88. The molecule has 4 heteroatoms. The molecule has 0 aromatic carbocycles. The zero-order valence-electron chi connectivity index (χ0n) is 4.84. The van der Waals surface area contributed by atoms with Gasteiger partial charge in [0.15, 0.2) is 0 Å². The second-order valence-corrected chi connectivity index (χ2v) is 1.38. The number of ether oxygens (including phenoxy) is 1. The summed E-state index contributed by atoms with van der Waals surface area (Å²) < 4.78 is 4.66.